The Labute approximate surface area is 159 Å². The zero-order valence-corrected chi connectivity index (χ0v) is 17.4. The number of nitrogens with zero attached hydrogens (tertiary/aromatic N) is 1. The number of nitrogen functional groups attached to an aromatic ring is 1. The van der Waals surface area contributed by atoms with Crippen LogP contribution in [0.15, 0.2) is 59.7 Å². The van der Waals surface area contributed by atoms with E-state index in [0.717, 1.165) is 17.8 Å². The lowest BCUT2D eigenvalue weighted by molar-refractivity contribution is 1.00. The zero-order valence-electron chi connectivity index (χ0n) is 17.4. The van der Waals surface area contributed by atoms with Crippen LogP contribution in [0.4, 0.5) is 0 Å². The van der Waals surface area contributed by atoms with Crippen molar-refractivity contribution in [2.24, 2.45) is 0 Å². The Balaban J connectivity index is 0.00000163. The maximum atomic E-state index is 6.36. The van der Waals surface area contributed by atoms with E-state index in [1.54, 1.807) is 4.68 Å². The van der Waals surface area contributed by atoms with E-state index in [4.69, 9.17) is 5.84 Å². The molecule has 2 rings (SSSR count). The van der Waals surface area contributed by atoms with Crippen molar-refractivity contribution in [2.75, 3.05) is 5.84 Å². The Hall–Kier alpha value is -2.48. The second kappa shape index (κ2) is 10.5. The van der Waals surface area contributed by atoms with Gasteiger partial charge in [-0.2, -0.15) is 0 Å². The van der Waals surface area contributed by atoms with Crippen molar-refractivity contribution >= 4 is 6.08 Å². The van der Waals surface area contributed by atoms with Crippen LogP contribution in [0.5, 0.6) is 0 Å². The summed E-state index contributed by atoms with van der Waals surface area (Å²) in [7, 11) is 0. The first kappa shape index (κ1) is 21.6. The van der Waals surface area contributed by atoms with E-state index in [9.17, 15) is 0 Å². The van der Waals surface area contributed by atoms with E-state index in [1.165, 1.54) is 27.8 Å². The third-order valence-corrected chi connectivity index (χ3v) is 4.09. The summed E-state index contributed by atoms with van der Waals surface area (Å²) >= 11 is 0. The van der Waals surface area contributed by atoms with Crippen LogP contribution in [0, 0.1) is 13.8 Å². The molecule has 140 valence electrons. The van der Waals surface area contributed by atoms with Crippen molar-refractivity contribution < 1.29 is 0 Å². The summed E-state index contributed by atoms with van der Waals surface area (Å²) in [6.45, 7) is 14.6. The molecule has 26 heavy (non-hydrogen) atoms. The second-order valence-corrected chi connectivity index (χ2v) is 6.65. The molecule has 2 aromatic rings. The molecule has 0 radical (unpaired) electrons. The van der Waals surface area contributed by atoms with Crippen molar-refractivity contribution in [3.05, 3.63) is 76.5 Å². The number of aromatic nitrogens is 1. The smallest absolute Gasteiger partial charge is 0.0702 e. The zero-order chi connectivity index (χ0) is 19.7. The van der Waals surface area contributed by atoms with Gasteiger partial charge in [0.15, 0.2) is 0 Å². The summed E-state index contributed by atoms with van der Waals surface area (Å²) in [5, 5.41) is 0. The summed E-state index contributed by atoms with van der Waals surface area (Å²) in [6, 6.07) is 10.5. The Morgan fingerprint density at radius 3 is 2.19 bits per heavy atom. The maximum absolute atomic E-state index is 6.36. The maximum Gasteiger partial charge on any atom is 0.0702 e. The molecule has 1 heterocycles. The standard InChI is InChI=1S/C22H28N2.C2H6/c1-16(2)9-6-7-10-17(3)15-20-13-14-21(24(20)23)22-18(4)11-8-12-19(22)5;1-2/h6-9,11-15H,10,23H2,1-5H3;1-2H3/b7-6?,17-15+;. The van der Waals surface area contributed by atoms with Crippen LogP contribution in [0.1, 0.15) is 57.9 Å². The molecule has 0 saturated carbocycles. The molecule has 0 aliphatic rings. The molecule has 0 aliphatic carbocycles. The van der Waals surface area contributed by atoms with Gasteiger partial charge in [-0.3, -0.25) is 4.68 Å². The molecule has 0 atom stereocenters. The molecular weight excluding hydrogens is 316 g/mol. The van der Waals surface area contributed by atoms with Crippen LogP contribution in [-0.2, 0) is 0 Å². The SMILES string of the molecule is CC.CC(C)=CC=CC/C(C)=C/c1ccc(-c2c(C)cccc2C)n1N. The third kappa shape index (κ3) is 5.80. The highest BCUT2D eigenvalue weighted by Gasteiger charge is 2.11. The molecular formula is C24H34N2. The largest absolute Gasteiger partial charge is 0.339 e. The molecule has 0 unspecified atom stereocenters. The molecule has 0 spiro atoms. The first-order valence-corrected chi connectivity index (χ1v) is 9.40. The lowest BCUT2D eigenvalue weighted by Gasteiger charge is -2.11. The fourth-order valence-corrected chi connectivity index (χ4v) is 2.83. The van der Waals surface area contributed by atoms with Crippen molar-refractivity contribution in [3.63, 3.8) is 0 Å². The fraction of sp³-hybridized carbons (Fsp3) is 0.333. The van der Waals surface area contributed by atoms with Gasteiger partial charge in [0.05, 0.1) is 11.4 Å². The van der Waals surface area contributed by atoms with Crippen molar-refractivity contribution in [1.29, 1.82) is 0 Å². The van der Waals surface area contributed by atoms with Crippen LogP contribution in [-0.4, -0.2) is 4.68 Å². The molecule has 0 aliphatic heterocycles. The molecule has 2 N–H and O–H groups in total. The summed E-state index contributed by atoms with van der Waals surface area (Å²) in [5.41, 5.74) is 8.40. The van der Waals surface area contributed by atoms with Crippen molar-refractivity contribution in [1.82, 2.24) is 4.68 Å². The van der Waals surface area contributed by atoms with E-state index in [1.807, 2.05) is 13.8 Å². The Kier molecular flexibility index (Phi) is 8.71. The van der Waals surface area contributed by atoms with Gasteiger partial charge in [-0.15, -0.1) is 0 Å². The first-order valence-electron chi connectivity index (χ1n) is 9.40. The van der Waals surface area contributed by atoms with Gasteiger partial charge in [-0.05, 0) is 70.4 Å². The van der Waals surface area contributed by atoms with E-state index in [2.05, 4.69) is 89.3 Å². The molecule has 2 nitrogen and oxygen atoms in total. The van der Waals surface area contributed by atoms with E-state index in [-0.39, 0.29) is 0 Å². The Bertz CT molecular complexity index is 777. The van der Waals surface area contributed by atoms with Gasteiger partial charge >= 0.3 is 0 Å². The average Bonchev–Trinajstić information content (AvgIpc) is 2.94. The lowest BCUT2D eigenvalue weighted by atomic mass is 10.0. The molecule has 1 aromatic carbocycles. The summed E-state index contributed by atoms with van der Waals surface area (Å²) in [4.78, 5) is 0. The number of benzene rings is 1. The first-order chi connectivity index (χ1) is 12.4. The van der Waals surface area contributed by atoms with Crippen LogP contribution in [0.25, 0.3) is 17.3 Å². The van der Waals surface area contributed by atoms with Crippen LogP contribution in [0.2, 0.25) is 0 Å². The quantitative estimate of drug-likeness (QED) is 0.465. The number of rotatable bonds is 5. The number of hydrogen-bond donors (Lipinski definition) is 1. The van der Waals surface area contributed by atoms with Gasteiger partial charge in [-0.1, -0.05) is 61.4 Å². The predicted octanol–water partition coefficient (Wildman–Crippen LogP) is 6.83. The van der Waals surface area contributed by atoms with Gasteiger partial charge in [0.1, 0.15) is 0 Å². The summed E-state index contributed by atoms with van der Waals surface area (Å²) in [5.74, 6) is 6.36. The van der Waals surface area contributed by atoms with Gasteiger partial charge in [0.25, 0.3) is 0 Å². The fourth-order valence-electron chi connectivity index (χ4n) is 2.83. The number of hydrogen-bond acceptors (Lipinski definition) is 1. The Morgan fingerprint density at radius 2 is 1.62 bits per heavy atom. The topological polar surface area (TPSA) is 30.9 Å². The third-order valence-electron chi connectivity index (χ3n) is 4.09. The molecule has 1 aromatic heterocycles. The highest BCUT2D eigenvalue weighted by molar-refractivity contribution is 5.70. The number of aryl methyl sites for hydroxylation is 2. The van der Waals surface area contributed by atoms with Crippen molar-refractivity contribution in [2.45, 2.75) is 54.9 Å². The van der Waals surface area contributed by atoms with Crippen molar-refractivity contribution in [3.8, 4) is 11.3 Å². The number of allylic oxidation sites excluding steroid dienone is 5. The normalized spacial score (nSPS) is 11.3. The second-order valence-electron chi connectivity index (χ2n) is 6.65. The van der Waals surface area contributed by atoms with E-state index in [0.29, 0.717) is 0 Å². The highest BCUT2D eigenvalue weighted by atomic mass is 15.3. The van der Waals surface area contributed by atoms with E-state index < -0.39 is 0 Å². The molecule has 0 amide bonds. The molecule has 0 fully saturated rings. The molecule has 0 bridgehead atoms. The molecule has 0 saturated heterocycles. The number of nitrogens with two attached hydrogens (primary N) is 1. The van der Waals surface area contributed by atoms with Crippen LogP contribution < -0.4 is 5.84 Å². The molecule has 2 heteroatoms. The minimum atomic E-state index is 0.924. The summed E-state index contributed by atoms with van der Waals surface area (Å²) in [6.07, 6.45) is 9.49. The van der Waals surface area contributed by atoms with Gasteiger partial charge in [0, 0.05) is 5.56 Å². The van der Waals surface area contributed by atoms with Crippen LogP contribution in [0.3, 0.4) is 0 Å². The van der Waals surface area contributed by atoms with E-state index >= 15 is 0 Å². The minimum absolute atomic E-state index is 0.924. The lowest BCUT2D eigenvalue weighted by Crippen LogP contribution is -2.12. The average molecular weight is 351 g/mol. The summed E-state index contributed by atoms with van der Waals surface area (Å²) < 4.78 is 1.79. The van der Waals surface area contributed by atoms with Crippen LogP contribution >= 0.6 is 0 Å². The Morgan fingerprint density at radius 1 is 1.00 bits per heavy atom. The van der Waals surface area contributed by atoms with Gasteiger partial charge in [0.2, 0.25) is 0 Å². The van der Waals surface area contributed by atoms with Gasteiger partial charge in [-0.25, -0.2) is 0 Å². The highest BCUT2D eigenvalue weighted by Crippen LogP contribution is 2.28. The minimum Gasteiger partial charge on any atom is -0.339 e. The van der Waals surface area contributed by atoms with Gasteiger partial charge < -0.3 is 5.84 Å². The monoisotopic (exact) mass is 350 g/mol. The predicted molar refractivity (Wildman–Crippen MR) is 118 cm³/mol.